The summed E-state index contributed by atoms with van der Waals surface area (Å²) in [6, 6.07) is 29.5. The van der Waals surface area contributed by atoms with Crippen molar-refractivity contribution in [3.8, 4) is 0 Å². The summed E-state index contributed by atoms with van der Waals surface area (Å²) in [7, 11) is 0. The molecule has 0 saturated carbocycles. The number of anilines is 1. The second-order valence-electron chi connectivity index (χ2n) is 6.47. The van der Waals surface area contributed by atoms with Gasteiger partial charge in [0, 0.05) is 21.4 Å². The summed E-state index contributed by atoms with van der Waals surface area (Å²) in [6.07, 6.45) is 2.05. The van der Waals surface area contributed by atoms with E-state index in [0.29, 0.717) is 0 Å². The molecule has 0 saturated heterocycles. The number of allylic oxidation sites excluding steroid dienone is 1. The maximum atomic E-state index is 3.66. The Labute approximate surface area is 176 Å². The van der Waals surface area contributed by atoms with E-state index in [9.17, 15) is 0 Å². The van der Waals surface area contributed by atoms with Crippen LogP contribution in [0.3, 0.4) is 0 Å². The van der Waals surface area contributed by atoms with Crippen LogP contribution in [-0.2, 0) is 0 Å². The maximum absolute atomic E-state index is 3.66. The molecular weight excluding hydrogens is 441 g/mol. The van der Waals surface area contributed by atoms with Gasteiger partial charge in [-0.3, -0.25) is 0 Å². The lowest BCUT2D eigenvalue weighted by molar-refractivity contribution is 0.901. The molecule has 3 rings (SSSR count). The Morgan fingerprint density at radius 2 is 1.41 bits per heavy atom. The third-order valence-corrected chi connectivity index (χ3v) is 5.40. The predicted octanol–water partition coefficient (Wildman–Crippen LogP) is 7.27. The molecular formula is C25H24IN. The lowest BCUT2D eigenvalue weighted by atomic mass is 9.99. The zero-order chi connectivity index (χ0) is 18.9. The molecule has 0 spiro atoms. The van der Waals surface area contributed by atoms with Crippen molar-refractivity contribution in [1.82, 2.24) is 0 Å². The summed E-state index contributed by atoms with van der Waals surface area (Å²) in [4.78, 5) is 0. The normalized spacial score (nSPS) is 10.1. The fourth-order valence-corrected chi connectivity index (χ4v) is 3.58. The van der Waals surface area contributed by atoms with Crippen LogP contribution >= 0.6 is 22.6 Å². The third kappa shape index (κ3) is 5.85. The van der Waals surface area contributed by atoms with Crippen LogP contribution in [0.2, 0.25) is 0 Å². The standard InChI is InChI=1S/C25H24IN/c1-20(21-11-4-2-5-12-21)19-23(22-13-6-3-7-14-22)15-10-18-27-25-17-9-8-16-24(25)26/h2-9,11-14,16-17,27H,10,15,18H2,1H3. The second kappa shape index (κ2) is 10.1. The first-order chi connectivity index (χ1) is 13.2. The molecule has 0 aliphatic rings. The molecule has 0 fully saturated rings. The van der Waals surface area contributed by atoms with Gasteiger partial charge in [0.1, 0.15) is 0 Å². The summed E-state index contributed by atoms with van der Waals surface area (Å²) in [5.41, 5.74) is 9.79. The summed E-state index contributed by atoms with van der Waals surface area (Å²) in [5, 5.41) is 3.55. The highest BCUT2D eigenvalue weighted by atomic mass is 127. The Kier molecular flexibility index (Phi) is 7.32. The average molecular weight is 465 g/mol. The van der Waals surface area contributed by atoms with Crippen LogP contribution in [0.4, 0.5) is 5.69 Å². The van der Waals surface area contributed by atoms with Gasteiger partial charge < -0.3 is 5.32 Å². The summed E-state index contributed by atoms with van der Waals surface area (Å²) in [5.74, 6) is 0. The van der Waals surface area contributed by atoms with Crippen molar-refractivity contribution in [1.29, 1.82) is 0 Å². The fraction of sp³-hybridized carbons (Fsp3) is 0.160. The van der Waals surface area contributed by atoms with Gasteiger partial charge in [0.2, 0.25) is 0 Å². The Morgan fingerprint density at radius 3 is 2.07 bits per heavy atom. The predicted molar refractivity (Wildman–Crippen MR) is 126 cm³/mol. The number of rotatable bonds is 7. The largest absolute Gasteiger partial charge is 0.384 e. The zero-order valence-electron chi connectivity index (χ0n) is 15.6. The van der Waals surface area contributed by atoms with E-state index in [-0.39, 0.29) is 0 Å². The van der Waals surface area contributed by atoms with E-state index in [2.05, 4.69) is 125 Å². The van der Waals surface area contributed by atoms with Gasteiger partial charge in [-0.25, -0.2) is 0 Å². The third-order valence-electron chi connectivity index (χ3n) is 4.46. The SMILES string of the molecule is CC(=C=C(CCCNc1ccccc1I)c1ccccc1)c1ccccc1. The minimum atomic E-state index is 0.947. The number of hydrogen-bond donors (Lipinski definition) is 1. The first-order valence-electron chi connectivity index (χ1n) is 9.29. The van der Waals surface area contributed by atoms with E-state index in [0.717, 1.165) is 19.4 Å². The monoisotopic (exact) mass is 465 g/mol. The molecule has 3 aromatic rings. The van der Waals surface area contributed by atoms with Gasteiger partial charge in [-0.1, -0.05) is 72.8 Å². The first-order valence-corrected chi connectivity index (χ1v) is 10.4. The van der Waals surface area contributed by atoms with Crippen LogP contribution in [0.25, 0.3) is 11.1 Å². The molecule has 1 nitrogen and oxygen atoms in total. The number of nitrogens with one attached hydrogen (secondary N) is 1. The van der Waals surface area contributed by atoms with Crippen molar-refractivity contribution in [2.75, 3.05) is 11.9 Å². The molecule has 0 aromatic heterocycles. The molecule has 3 aromatic carbocycles. The highest BCUT2D eigenvalue weighted by molar-refractivity contribution is 14.1. The molecule has 0 heterocycles. The topological polar surface area (TPSA) is 12.0 Å². The van der Waals surface area contributed by atoms with Gasteiger partial charge in [-0.2, -0.15) is 0 Å². The zero-order valence-corrected chi connectivity index (χ0v) is 17.7. The van der Waals surface area contributed by atoms with E-state index in [1.54, 1.807) is 0 Å². The second-order valence-corrected chi connectivity index (χ2v) is 7.63. The molecule has 0 aliphatic carbocycles. The van der Waals surface area contributed by atoms with E-state index in [1.165, 1.54) is 31.5 Å². The number of halogens is 1. The lowest BCUT2D eigenvalue weighted by Crippen LogP contribution is -2.03. The minimum absolute atomic E-state index is 0.947. The Bertz CT molecular complexity index is 923. The lowest BCUT2D eigenvalue weighted by Gasteiger charge is -2.10. The average Bonchev–Trinajstić information content (AvgIpc) is 2.72. The number of benzene rings is 3. The van der Waals surface area contributed by atoms with E-state index >= 15 is 0 Å². The molecule has 27 heavy (non-hydrogen) atoms. The summed E-state index contributed by atoms with van der Waals surface area (Å²) in [6.45, 7) is 3.09. The van der Waals surface area contributed by atoms with Gasteiger partial charge in [0.25, 0.3) is 0 Å². The molecule has 0 unspecified atom stereocenters. The van der Waals surface area contributed by atoms with Crippen molar-refractivity contribution < 1.29 is 0 Å². The van der Waals surface area contributed by atoms with Gasteiger partial charge in [0.15, 0.2) is 0 Å². The van der Waals surface area contributed by atoms with E-state index in [1.807, 2.05) is 0 Å². The van der Waals surface area contributed by atoms with Gasteiger partial charge in [0.05, 0.1) is 0 Å². The van der Waals surface area contributed by atoms with Gasteiger partial charge in [-0.15, -0.1) is 5.73 Å². The van der Waals surface area contributed by atoms with Gasteiger partial charge in [-0.05, 0) is 71.2 Å². The first kappa shape index (κ1) is 19.5. The van der Waals surface area contributed by atoms with Crippen LogP contribution in [0.5, 0.6) is 0 Å². The molecule has 136 valence electrons. The molecule has 0 atom stereocenters. The highest BCUT2D eigenvalue weighted by Gasteiger charge is 2.03. The van der Waals surface area contributed by atoms with Crippen LogP contribution in [0.15, 0.2) is 90.7 Å². The quantitative estimate of drug-likeness (QED) is 0.220. The van der Waals surface area contributed by atoms with Crippen molar-refractivity contribution in [3.63, 3.8) is 0 Å². The molecule has 0 aliphatic heterocycles. The fourth-order valence-electron chi connectivity index (χ4n) is 3.00. The Hall–Kier alpha value is -2.29. The summed E-state index contributed by atoms with van der Waals surface area (Å²) >= 11 is 2.37. The Morgan fingerprint density at radius 1 is 0.815 bits per heavy atom. The van der Waals surface area contributed by atoms with Crippen LogP contribution < -0.4 is 5.32 Å². The van der Waals surface area contributed by atoms with Crippen molar-refractivity contribution in [2.24, 2.45) is 0 Å². The molecule has 2 heteroatoms. The number of para-hydroxylation sites is 1. The van der Waals surface area contributed by atoms with Crippen molar-refractivity contribution >= 4 is 39.4 Å². The van der Waals surface area contributed by atoms with Gasteiger partial charge >= 0.3 is 0 Å². The molecule has 1 N–H and O–H groups in total. The van der Waals surface area contributed by atoms with Crippen LogP contribution in [0, 0.1) is 3.57 Å². The molecule has 0 bridgehead atoms. The number of hydrogen-bond acceptors (Lipinski definition) is 1. The maximum Gasteiger partial charge on any atom is 0.0475 e. The van der Waals surface area contributed by atoms with Crippen molar-refractivity contribution in [3.05, 3.63) is 105 Å². The van der Waals surface area contributed by atoms with Crippen molar-refractivity contribution in [2.45, 2.75) is 19.8 Å². The smallest absolute Gasteiger partial charge is 0.0475 e. The molecule has 0 radical (unpaired) electrons. The molecule has 0 amide bonds. The Balaban J connectivity index is 1.75. The summed E-state index contributed by atoms with van der Waals surface area (Å²) < 4.78 is 1.26. The van der Waals surface area contributed by atoms with E-state index in [4.69, 9.17) is 0 Å². The highest BCUT2D eigenvalue weighted by Crippen LogP contribution is 2.22. The van der Waals surface area contributed by atoms with Crippen LogP contribution in [-0.4, -0.2) is 6.54 Å². The van der Waals surface area contributed by atoms with E-state index < -0.39 is 0 Å². The van der Waals surface area contributed by atoms with Crippen LogP contribution in [0.1, 0.15) is 30.9 Å². The minimum Gasteiger partial charge on any atom is -0.384 e.